The van der Waals surface area contributed by atoms with Crippen molar-refractivity contribution in [3.05, 3.63) is 33.8 Å². The molecule has 6 nitrogen and oxygen atoms in total. The lowest BCUT2D eigenvalue weighted by Gasteiger charge is -2.01. The van der Waals surface area contributed by atoms with Gasteiger partial charge in [-0.3, -0.25) is 10.2 Å². The average molecular weight is 339 g/mol. The molecule has 0 spiro atoms. The van der Waals surface area contributed by atoms with Crippen LogP contribution in [-0.2, 0) is 9.84 Å². The number of nitrogens with zero attached hydrogens (tertiary/aromatic N) is 2. The van der Waals surface area contributed by atoms with Crippen molar-refractivity contribution >= 4 is 49.0 Å². The number of nitrogens with one attached hydrogen (secondary N) is 1. The van der Waals surface area contributed by atoms with Crippen molar-refractivity contribution in [3.8, 4) is 6.07 Å². The Morgan fingerprint density at radius 1 is 1.33 bits per heavy atom. The van der Waals surface area contributed by atoms with Gasteiger partial charge in [0.2, 0.25) is 9.84 Å². The Hall–Kier alpha value is -2.02. The number of thiophene rings is 2. The van der Waals surface area contributed by atoms with E-state index >= 15 is 0 Å². The molecular weight excluding hydrogens is 330 g/mol. The standard InChI is InChI=1S/C12H9N3O3S3/c1-8(16)12-9(4-6-20-12)14-15-10(7-13)21(17,18)11-3-2-5-19-11/h2-6,14H,1H3/b15-10+. The Kier molecular flexibility index (Phi) is 4.52. The monoisotopic (exact) mass is 339 g/mol. The highest BCUT2D eigenvalue weighted by atomic mass is 32.2. The molecule has 0 saturated heterocycles. The second-order valence-electron chi connectivity index (χ2n) is 3.80. The van der Waals surface area contributed by atoms with Crippen LogP contribution in [0.5, 0.6) is 0 Å². The smallest absolute Gasteiger partial charge is 0.257 e. The summed E-state index contributed by atoms with van der Waals surface area (Å²) in [4.78, 5) is 11.8. The molecular formula is C12H9N3O3S3. The van der Waals surface area contributed by atoms with Gasteiger partial charge < -0.3 is 0 Å². The van der Waals surface area contributed by atoms with E-state index in [1.807, 2.05) is 0 Å². The van der Waals surface area contributed by atoms with Gasteiger partial charge >= 0.3 is 0 Å². The van der Waals surface area contributed by atoms with Crippen LogP contribution in [0.2, 0.25) is 0 Å². The molecule has 0 aliphatic rings. The molecule has 2 aromatic rings. The van der Waals surface area contributed by atoms with Crippen LogP contribution in [0.15, 0.2) is 38.3 Å². The zero-order chi connectivity index (χ0) is 15.5. The molecule has 0 fully saturated rings. The van der Waals surface area contributed by atoms with E-state index in [-0.39, 0.29) is 9.99 Å². The lowest BCUT2D eigenvalue weighted by molar-refractivity contribution is 0.102. The van der Waals surface area contributed by atoms with E-state index < -0.39 is 14.9 Å². The van der Waals surface area contributed by atoms with Gasteiger partial charge in [0.15, 0.2) is 5.78 Å². The molecule has 108 valence electrons. The van der Waals surface area contributed by atoms with Crippen LogP contribution in [0, 0.1) is 11.3 Å². The lowest BCUT2D eigenvalue weighted by Crippen LogP contribution is -2.14. The maximum atomic E-state index is 12.2. The summed E-state index contributed by atoms with van der Waals surface area (Å²) in [7, 11) is -3.93. The van der Waals surface area contributed by atoms with Gasteiger partial charge in [0.25, 0.3) is 5.04 Å². The number of rotatable bonds is 4. The van der Waals surface area contributed by atoms with Crippen LogP contribution in [0.1, 0.15) is 16.6 Å². The van der Waals surface area contributed by atoms with Crippen LogP contribution in [-0.4, -0.2) is 19.2 Å². The number of hydrogen-bond donors (Lipinski definition) is 1. The lowest BCUT2D eigenvalue weighted by atomic mass is 10.3. The van der Waals surface area contributed by atoms with Crippen LogP contribution in [0.4, 0.5) is 5.69 Å². The molecule has 0 aliphatic heterocycles. The molecule has 0 atom stereocenters. The third kappa shape index (κ3) is 3.18. The molecule has 0 amide bonds. The van der Waals surface area contributed by atoms with Crippen molar-refractivity contribution in [3.63, 3.8) is 0 Å². The maximum Gasteiger partial charge on any atom is 0.257 e. The van der Waals surface area contributed by atoms with Crippen LogP contribution >= 0.6 is 22.7 Å². The van der Waals surface area contributed by atoms with Crippen molar-refractivity contribution in [1.29, 1.82) is 5.26 Å². The number of carbonyl (C=O) groups excluding carboxylic acids is 1. The fourth-order valence-corrected chi connectivity index (χ4v) is 4.28. The molecule has 2 rings (SSSR count). The molecule has 0 unspecified atom stereocenters. The predicted molar refractivity (Wildman–Crippen MR) is 82.5 cm³/mol. The minimum Gasteiger partial charge on any atom is -0.294 e. The summed E-state index contributed by atoms with van der Waals surface area (Å²) >= 11 is 2.22. The van der Waals surface area contributed by atoms with E-state index in [0.717, 1.165) is 11.3 Å². The number of Topliss-reactive ketones (excluding diaryl/α,β-unsaturated/α-hetero) is 1. The molecule has 2 aromatic heterocycles. The number of carbonyl (C=O) groups is 1. The van der Waals surface area contributed by atoms with Gasteiger partial charge in [-0.1, -0.05) is 6.07 Å². The first-order chi connectivity index (χ1) is 9.96. The van der Waals surface area contributed by atoms with E-state index in [4.69, 9.17) is 5.26 Å². The Labute approximate surface area is 129 Å². The molecule has 0 saturated carbocycles. The first-order valence-electron chi connectivity index (χ1n) is 5.57. The van der Waals surface area contributed by atoms with Gasteiger partial charge in [-0.15, -0.1) is 22.7 Å². The maximum absolute atomic E-state index is 12.2. The summed E-state index contributed by atoms with van der Waals surface area (Å²) in [6, 6.07) is 6.14. The Bertz CT molecular complexity index is 827. The molecule has 21 heavy (non-hydrogen) atoms. The van der Waals surface area contributed by atoms with Crippen molar-refractivity contribution in [1.82, 2.24) is 0 Å². The van der Waals surface area contributed by atoms with Gasteiger partial charge in [-0.05, 0) is 22.9 Å². The minimum atomic E-state index is -3.93. The fraction of sp³-hybridized carbons (Fsp3) is 0.0833. The van der Waals surface area contributed by atoms with E-state index in [1.54, 1.807) is 29.0 Å². The van der Waals surface area contributed by atoms with E-state index in [0.29, 0.717) is 10.6 Å². The molecule has 0 radical (unpaired) electrons. The number of nitriles is 1. The number of anilines is 1. The Morgan fingerprint density at radius 2 is 2.10 bits per heavy atom. The van der Waals surface area contributed by atoms with Crippen LogP contribution < -0.4 is 5.43 Å². The molecule has 0 aliphatic carbocycles. The van der Waals surface area contributed by atoms with Gasteiger partial charge in [-0.25, -0.2) is 8.42 Å². The fourth-order valence-electron chi connectivity index (χ4n) is 1.44. The molecule has 1 N–H and O–H groups in total. The van der Waals surface area contributed by atoms with E-state index in [2.05, 4.69) is 10.5 Å². The number of hydrogen-bond acceptors (Lipinski definition) is 8. The summed E-state index contributed by atoms with van der Waals surface area (Å²) in [5.41, 5.74) is 2.85. The van der Waals surface area contributed by atoms with Gasteiger partial charge in [0, 0.05) is 6.92 Å². The second kappa shape index (κ2) is 6.17. The zero-order valence-electron chi connectivity index (χ0n) is 10.7. The van der Waals surface area contributed by atoms with Crippen molar-refractivity contribution in [2.75, 3.05) is 5.43 Å². The quantitative estimate of drug-likeness (QED) is 0.399. The summed E-state index contributed by atoms with van der Waals surface area (Å²) in [5.74, 6) is -0.165. The normalized spacial score (nSPS) is 11.9. The highest BCUT2D eigenvalue weighted by Gasteiger charge is 2.24. The molecule has 9 heteroatoms. The van der Waals surface area contributed by atoms with Crippen molar-refractivity contribution in [2.45, 2.75) is 11.1 Å². The van der Waals surface area contributed by atoms with Gasteiger partial charge in [0.05, 0.1) is 10.6 Å². The predicted octanol–water partition coefficient (Wildman–Crippen LogP) is 2.74. The summed E-state index contributed by atoms with van der Waals surface area (Å²) in [5, 5.41) is 15.3. The number of ketones is 1. The van der Waals surface area contributed by atoms with Gasteiger partial charge in [0.1, 0.15) is 10.3 Å². The Morgan fingerprint density at radius 3 is 2.67 bits per heavy atom. The summed E-state index contributed by atoms with van der Waals surface area (Å²) in [6.07, 6.45) is 0. The topological polar surface area (TPSA) is 99.4 Å². The summed E-state index contributed by atoms with van der Waals surface area (Å²) in [6.45, 7) is 1.40. The SMILES string of the molecule is CC(=O)c1sccc1N/N=C(\C#N)S(=O)(=O)c1cccs1. The largest absolute Gasteiger partial charge is 0.294 e. The van der Waals surface area contributed by atoms with E-state index in [1.165, 1.54) is 24.3 Å². The van der Waals surface area contributed by atoms with Crippen LogP contribution in [0.3, 0.4) is 0 Å². The highest BCUT2D eigenvalue weighted by molar-refractivity contribution is 8.08. The van der Waals surface area contributed by atoms with E-state index in [9.17, 15) is 13.2 Å². The molecule has 2 heterocycles. The highest BCUT2D eigenvalue weighted by Crippen LogP contribution is 2.23. The average Bonchev–Trinajstić information content (AvgIpc) is 3.10. The number of hydrazone groups is 1. The third-order valence-corrected chi connectivity index (χ3v) is 6.35. The molecule has 0 aromatic carbocycles. The van der Waals surface area contributed by atoms with Crippen molar-refractivity contribution < 1.29 is 13.2 Å². The van der Waals surface area contributed by atoms with Crippen LogP contribution in [0.25, 0.3) is 0 Å². The first-order valence-corrected chi connectivity index (χ1v) is 8.82. The van der Waals surface area contributed by atoms with Crippen molar-refractivity contribution in [2.24, 2.45) is 5.10 Å². The summed E-state index contributed by atoms with van der Waals surface area (Å²) < 4.78 is 24.4. The zero-order valence-corrected chi connectivity index (χ0v) is 13.2. The van der Waals surface area contributed by atoms with Gasteiger partial charge in [-0.2, -0.15) is 10.4 Å². The Balaban J connectivity index is 2.33. The minimum absolute atomic E-state index is 0.0433. The third-order valence-electron chi connectivity index (χ3n) is 2.37. The molecule has 0 bridgehead atoms. The second-order valence-corrected chi connectivity index (χ2v) is 7.75. The first kappa shape index (κ1) is 15.4. The number of sulfone groups is 1.